The van der Waals surface area contributed by atoms with Gasteiger partial charge in [0.2, 0.25) is 10.0 Å². The number of ether oxygens (including phenoxy) is 1. The number of nitrogens with one attached hydrogen (secondary N) is 1. The molecule has 1 amide bonds. The third-order valence-corrected chi connectivity index (χ3v) is 6.81. The summed E-state index contributed by atoms with van der Waals surface area (Å²) in [4.78, 5) is 12.7. The molecule has 0 fully saturated rings. The van der Waals surface area contributed by atoms with Crippen molar-refractivity contribution in [3.8, 4) is 5.75 Å². The highest BCUT2D eigenvalue weighted by molar-refractivity contribution is 7.89. The fraction of sp³-hybridized carbons (Fsp3) is 0.238. The Balaban J connectivity index is 1.48. The summed E-state index contributed by atoms with van der Waals surface area (Å²) < 4.78 is 34.3. The first-order valence-electron chi connectivity index (χ1n) is 9.50. The fourth-order valence-electron chi connectivity index (χ4n) is 3.34. The first-order valence-corrected chi connectivity index (χ1v) is 10.9. The van der Waals surface area contributed by atoms with Crippen molar-refractivity contribution in [3.63, 3.8) is 0 Å². The standard InChI is InChI=1S/C21H22N4O4S/c1-29-18-8-5-9-19(13-18)30(27,28)24-10-11-25-17(15-24)12-20(23-25)21(26)22-14-16-6-3-2-4-7-16/h2-9,12-13H,10-11,14-15H2,1H3,(H,22,26). The van der Waals surface area contributed by atoms with Crippen molar-refractivity contribution in [2.24, 2.45) is 0 Å². The van der Waals surface area contributed by atoms with E-state index < -0.39 is 10.0 Å². The molecule has 4 rings (SSSR count). The van der Waals surface area contributed by atoms with E-state index in [1.54, 1.807) is 28.9 Å². The molecule has 156 valence electrons. The number of aromatic nitrogens is 2. The molecule has 0 unspecified atom stereocenters. The van der Waals surface area contributed by atoms with E-state index in [1.807, 2.05) is 30.3 Å². The minimum absolute atomic E-state index is 0.151. The van der Waals surface area contributed by atoms with Crippen LogP contribution in [0.5, 0.6) is 5.75 Å². The van der Waals surface area contributed by atoms with Crippen LogP contribution in [0.25, 0.3) is 0 Å². The largest absolute Gasteiger partial charge is 0.497 e. The maximum atomic E-state index is 13.0. The molecule has 3 aromatic rings. The van der Waals surface area contributed by atoms with Crippen LogP contribution in [-0.4, -0.2) is 42.1 Å². The van der Waals surface area contributed by atoms with Gasteiger partial charge in [-0.25, -0.2) is 8.42 Å². The first kappa shape index (κ1) is 20.1. The lowest BCUT2D eigenvalue weighted by atomic mass is 10.2. The van der Waals surface area contributed by atoms with Crippen LogP contribution in [0.3, 0.4) is 0 Å². The van der Waals surface area contributed by atoms with Gasteiger partial charge >= 0.3 is 0 Å². The molecule has 0 spiro atoms. The van der Waals surface area contributed by atoms with Gasteiger partial charge in [0.25, 0.3) is 5.91 Å². The van der Waals surface area contributed by atoms with E-state index in [0.29, 0.717) is 24.5 Å². The molecule has 9 heteroatoms. The molecule has 0 radical (unpaired) electrons. The summed E-state index contributed by atoms with van der Waals surface area (Å²) in [5.74, 6) is 0.193. The summed E-state index contributed by atoms with van der Waals surface area (Å²) >= 11 is 0. The Labute approximate surface area is 175 Å². The SMILES string of the molecule is COc1cccc(S(=O)(=O)N2CCn3nc(C(=O)NCc4ccccc4)cc3C2)c1. The molecule has 0 atom stereocenters. The lowest BCUT2D eigenvalue weighted by Crippen LogP contribution is -2.38. The number of sulfonamides is 1. The number of nitrogens with zero attached hydrogens (tertiary/aromatic N) is 3. The number of hydrogen-bond donors (Lipinski definition) is 1. The molecule has 0 aliphatic carbocycles. The summed E-state index contributed by atoms with van der Waals surface area (Å²) in [6, 6.07) is 17.6. The van der Waals surface area contributed by atoms with E-state index in [0.717, 1.165) is 5.56 Å². The predicted octanol–water partition coefficient (Wildman–Crippen LogP) is 2.03. The Hall–Kier alpha value is -3.17. The van der Waals surface area contributed by atoms with Crippen molar-refractivity contribution in [2.45, 2.75) is 24.5 Å². The molecule has 2 aromatic carbocycles. The van der Waals surface area contributed by atoms with Gasteiger partial charge in [0.05, 0.1) is 30.8 Å². The van der Waals surface area contributed by atoms with Crippen LogP contribution in [0.4, 0.5) is 0 Å². The van der Waals surface area contributed by atoms with Crippen molar-refractivity contribution in [1.82, 2.24) is 19.4 Å². The average molecular weight is 426 g/mol. The highest BCUT2D eigenvalue weighted by Crippen LogP contribution is 2.24. The Morgan fingerprint density at radius 3 is 2.67 bits per heavy atom. The van der Waals surface area contributed by atoms with Gasteiger partial charge in [-0.2, -0.15) is 9.40 Å². The molecule has 2 heterocycles. The summed E-state index contributed by atoms with van der Waals surface area (Å²) in [5.41, 5.74) is 1.95. The topological polar surface area (TPSA) is 93.5 Å². The van der Waals surface area contributed by atoms with Gasteiger partial charge in [0.1, 0.15) is 5.75 Å². The number of fused-ring (bicyclic) bond motifs is 1. The maximum absolute atomic E-state index is 13.0. The number of hydrogen-bond acceptors (Lipinski definition) is 5. The van der Waals surface area contributed by atoms with Crippen LogP contribution >= 0.6 is 0 Å². The molecular weight excluding hydrogens is 404 g/mol. The highest BCUT2D eigenvalue weighted by atomic mass is 32.2. The Kier molecular flexibility index (Phi) is 5.56. The molecule has 0 bridgehead atoms. The fourth-order valence-corrected chi connectivity index (χ4v) is 4.78. The van der Waals surface area contributed by atoms with Crippen molar-refractivity contribution >= 4 is 15.9 Å². The third-order valence-electron chi connectivity index (χ3n) is 4.97. The van der Waals surface area contributed by atoms with Gasteiger partial charge in [-0.1, -0.05) is 36.4 Å². The van der Waals surface area contributed by atoms with E-state index in [1.165, 1.54) is 17.5 Å². The smallest absolute Gasteiger partial charge is 0.272 e. The molecule has 1 aliphatic heterocycles. The normalized spacial score (nSPS) is 14.2. The molecule has 1 N–H and O–H groups in total. The number of rotatable bonds is 6. The number of methoxy groups -OCH3 is 1. The van der Waals surface area contributed by atoms with Gasteiger partial charge in [-0.05, 0) is 23.8 Å². The summed E-state index contributed by atoms with van der Waals surface area (Å²) in [7, 11) is -2.19. The Morgan fingerprint density at radius 1 is 1.10 bits per heavy atom. The molecule has 0 saturated heterocycles. The van der Waals surface area contributed by atoms with Crippen molar-refractivity contribution in [3.05, 3.63) is 77.6 Å². The second-order valence-corrected chi connectivity index (χ2v) is 8.87. The minimum Gasteiger partial charge on any atom is -0.497 e. The van der Waals surface area contributed by atoms with E-state index in [9.17, 15) is 13.2 Å². The van der Waals surface area contributed by atoms with Gasteiger partial charge in [-0.3, -0.25) is 9.48 Å². The van der Waals surface area contributed by atoms with Crippen LogP contribution in [0, 0.1) is 0 Å². The lowest BCUT2D eigenvalue weighted by molar-refractivity contribution is 0.0945. The van der Waals surface area contributed by atoms with Crippen LogP contribution in [-0.2, 0) is 29.7 Å². The predicted molar refractivity (Wildman–Crippen MR) is 110 cm³/mol. The molecule has 0 saturated carbocycles. The van der Waals surface area contributed by atoms with Crippen molar-refractivity contribution in [2.75, 3.05) is 13.7 Å². The van der Waals surface area contributed by atoms with E-state index in [4.69, 9.17) is 4.74 Å². The minimum atomic E-state index is -3.68. The lowest BCUT2D eigenvalue weighted by Gasteiger charge is -2.27. The quantitative estimate of drug-likeness (QED) is 0.651. The van der Waals surface area contributed by atoms with E-state index >= 15 is 0 Å². The Bertz CT molecular complexity index is 1160. The van der Waals surface area contributed by atoms with Crippen molar-refractivity contribution < 1.29 is 17.9 Å². The second kappa shape index (κ2) is 8.29. The maximum Gasteiger partial charge on any atom is 0.272 e. The molecule has 30 heavy (non-hydrogen) atoms. The van der Waals surface area contributed by atoms with Gasteiger partial charge in [0, 0.05) is 19.2 Å². The zero-order valence-corrected chi connectivity index (χ0v) is 17.3. The first-order chi connectivity index (χ1) is 14.5. The molecule has 1 aliphatic rings. The average Bonchev–Trinajstić information content (AvgIpc) is 3.22. The second-order valence-electron chi connectivity index (χ2n) is 6.93. The number of carbonyl (C=O) groups is 1. The highest BCUT2D eigenvalue weighted by Gasteiger charge is 2.30. The van der Waals surface area contributed by atoms with Crippen LogP contribution < -0.4 is 10.1 Å². The third kappa shape index (κ3) is 4.07. The monoisotopic (exact) mass is 426 g/mol. The molecule has 1 aromatic heterocycles. The van der Waals surface area contributed by atoms with Crippen LogP contribution in [0.15, 0.2) is 65.6 Å². The van der Waals surface area contributed by atoms with Crippen LogP contribution in [0.2, 0.25) is 0 Å². The van der Waals surface area contributed by atoms with Crippen LogP contribution in [0.1, 0.15) is 21.7 Å². The van der Waals surface area contributed by atoms with E-state index in [2.05, 4.69) is 10.4 Å². The van der Waals surface area contributed by atoms with Gasteiger partial charge in [-0.15, -0.1) is 0 Å². The molecule has 8 nitrogen and oxygen atoms in total. The zero-order valence-electron chi connectivity index (χ0n) is 16.5. The van der Waals surface area contributed by atoms with Crippen molar-refractivity contribution in [1.29, 1.82) is 0 Å². The molecular formula is C21H22N4O4S. The summed E-state index contributed by atoms with van der Waals surface area (Å²) in [6.45, 7) is 1.21. The van der Waals surface area contributed by atoms with Gasteiger partial charge in [0.15, 0.2) is 5.69 Å². The number of amides is 1. The zero-order chi connectivity index (χ0) is 21.1. The Morgan fingerprint density at radius 2 is 1.90 bits per heavy atom. The summed E-state index contributed by atoms with van der Waals surface area (Å²) in [6.07, 6.45) is 0. The summed E-state index contributed by atoms with van der Waals surface area (Å²) in [5, 5.41) is 7.19. The van der Waals surface area contributed by atoms with Gasteiger partial charge < -0.3 is 10.1 Å². The van der Waals surface area contributed by atoms with E-state index in [-0.39, 0.29) is 29.6 Å². The number of benzene rings is 2. The number of carbonyl (C=O) groups excluding carboxylic acids is 1.